The summed E-state index contributed by atoms with van der Waals surface area (Å²) >= 11 is 0. The Morgan fingerprint density at radius 1 is 1.00 bits per heavy atom. The molecule has 53 heavy (non-hydrogen) atoms. The minimum absolute atomic E-state index is 0.0262. The third kappa shape index (κ3) is 8.11. The second-order valence-corrected chi connectivity index (χ2v) is 13.5. The van der Waals surface area contributed by atoms with Crippen LogP contribution >= 0.6 is 0 Å². The van der Waals surface area contributed by atoms with Gasteiger partial charge >= 0.3 is 17.8 Å². The van der Waals surface area contributed by atoms with Crippen LogP contribution in [0, 0.1) is 17.0 Å². The highest BCUT2D eigenvalue weighted by molar-refractivity contribution is 7.92. The monoisotopic (exact) mass is 764 g/mol. The highest BCUT2D eigenvalue weighted by Crippen LogP contribution is 2.58. The summed E-state index contributed by atoms with van der Waals surface area (Å²) in [6, 6.07) is 7.09. The molecule has 1 atom stereocenters. The molecule has 4 aromatic rings. The molecule has 0 unspecified atom stereocenters. The second-order valence-electron chi connectivity index (χ2n) is 11.9. The summed E-state index contributed by atoms with van der Waals surface area (Å²) in [6.45, 7) is 1.39. The number of benzene rings is 2. The van der Waals surface area contributed by atoms with Gasteiger partial charge in [-0.15, -0.1) is 0 Å². The minimum Gasteiger partial charge on any atom is -0.464 e. The SMILES string of the molecule is CCOC(=O)[C@H](Cc1ccc(-n2c(=O)ccn(C)c2=O)nc1)NC(=O)c1cc(F)c(NS(=O)(=O)c2ccc(NC(=O)C3(C(F)(F)F)CC3)cc2)cc1F. The molecule has 20 heteroatoms. The first-order valence-corrected chi connectivity index (χ1v) is 17.1. The van der Waals surface area contributed by atoms with Crippen LogP contribution in [0.2, 0.25) is 0 Å². The van der Waals surface area contributed by atoms with E-state index >= 15 is 8.78 Å². The molecule has 280 valence electrons. The van der Waals surface area contributed by atoms with E-state index in [2.05, 4.69) is 15.6 Å². The van der Waals surface area contributed by atoms with Gasteiger partial charge in [-0.3, -0.25) is 19.1 Å². The molecule has 5 rings (SSSR count). The van der Waals surface area contributed by atoms with Crippen LogP contribution < -0.4 is 26.6 Å². The van der Waals surface area contributed by atoms with E-state index < -0.39 is 84.5 Å². The van der Waals surface area contributed by atoms with E-state index in [9.17, 15) is 45.6 Å². The van der Waals surface area contributed by atoms with Crippen molar-refractivity contribution in [3.63, 3.8) is 0 Å². The van der Waals surface area contributed by atoms with Gasteiger partial charge in [-0.1, -0.05) is 6.07 Å². The van der Waals surface area contributed by atoms with Gasteiger partial charge in [0.2, 0.25) is 5.91 Å². The van der Waals surface area contributed by atoms with Crippen LogP contribution in [0.5, 0.6) is 0 Å². The number of sulfonamides is 1. The Kier molecular flexibility index (Phi) is 10.6. The second kappa shape index (κ2) is 14.6. The Bertz CT molecular complexity index is 2310. The van der Waals surface area contributed by atoms with Crippen LogP contribution in [0.25, 0.3) is 5.82 Å². The number of carbonyl (C=O) groups is 3. The fraction of sp³-hybridized carbons (Fsp3) is 0.273. The molecule has 2 heterocycles. The molecule has 2 aromatic carbocycles. The fourth-order valence-electron chi connectivity index (χ4n) is 5.09. The number of anilines is 2. The van der Waals surface area contributed by atoms with E-state index in [1.807, 2.05) is 4.72 Å². The van der Waals surface area contributed by atoms with Gasteiger partial charge in [0.25, 0.3) is 21.5 Å². The van der Waals surface area contributed by atoms with Crippen molar-refractivity contribution in [1.29, 1.82) is 0 Å². The molecule has 2 aromatic heterocycles. The topological polar surface area (TPSA) is 188 Å². The number of ether oxygens (including phenoxy) is 1. The molecule has 0 spiro atoms. The van der Waals surface area contributed by atoms with Gasteiger partial charge in [0.15, 0.2) is 0 Å². The van der Waals surface area contributed by atoms with Gasteiger partial charge in [-0.2, -0.15) is 13.2 Å². The van der Waals surface area contributed by atoms with Crippen LogP contribution in [0.15, 0.2) is 81.5 Å². The van der Waals surface area contributed by atoms with Crippen LogP contribution in [-0.2, 0) is 37.8 Å². The lowest BCUT2D eigenvalue weighted by Gasteiger charge is -2.19. The lowest BCUT2D eigenvalue weighted by Crippen LogP contribution is -2.43. The number of rotatable bonds is 12. The van der Waals surface area contributed by atoms with Crippen molar-refractivity contribution in [1.82, 2.24) is 19.4 Å². The number of aryl methyl sites for hydroxylation is 1. The Balaban J connectivity index is 1.29. The van der Waals surface area contributed by atoms with E-state index in [0.29, 0.717) is 17.7 Å². The maximum Gasteiger partial charge on any atom is 0.403 e. The lowest BCUT2D eigenvalue weighted by atomic mass is 10.1. The average molecular weight is 765 g/mol. The zero-order valence-corrected chi connectivity index (χ0v) is 28.5. The van der Waals surface area contributed by atoms with E-state index in [1.165, 1.54) is 38.5 Å². The predicted molar refractivity (Wildman–Crippen MR) is 177 cm³/mol. The smallest absolute Gasteiger partial charge is 0.403 e. The van der Waals surface area contributed by atoms with E-state index in [0.717, 1.165) is 39.5 Å². The quantitative estimate of drug-likeness (QED) is 0.144. The largest absolute Gasteiger partial charge is 0.464 e. The normalized spacial score (nSPS) is 14.2. The summed E-state index contributed by atoms with van der Waals surface area (Å²) in [4.78, 5) is 66.2. The lowest BCUT2D eigenvalue weighted by molar-refractivity contribution is -0.189. The van der Waals surface area contributed by atoms with Crippen molar-refractivity contribution in [2.45, 2.75) is 43.3 Å². The minimum atomic E-state index is -4.76. The van der Waals surface area contributed by atoms with Crippen molar-refractivity contribution in [2.75, 3.05) is 16.6 Å². The average Bonchev–Trinajstić information content (AvgIpc) is 3.92. The van der Waals surface area contributed by atoms with Gasteiger partial charge < -0.3 is 19.9 Å². The molecule has 0 radical (unpaired) electrons. The summed E-state index contributed by atoms with van der Waals surface area (Å²) in [6.07, 6.45) is -3.28. The first-order chi connectivity index (χ1) is 24.9. The summed E-state index contributed by atoms with van der Waals surface area (Å²) in [5.74, 6) is -6.31. The number of carbonyl (C=O) groups excluding carboxylic acids is 3. The van der Waals surface area contributed by atoms with Crippen LogP contribution in [0.4, 0.5) is 33.3 Å². The number of nitrogens with one attached hydrogen (secondary N) is 3. The fourth-order valence-corrected chi connectivity index (χ4v) is 6.15. The molecule has 0 aliphatic heterocycles. The van der Waals surface area contributed by atoms with E-state index in [-0.39, 0.29) is 37.4 Å². The summed E-state index contributed by atoms with van der Waals surface area (Å²) in [5, 5.41) is 4.34. The first-order valence-electron chi connectivity index (χ1n) is 15.6. The van der Waals surface area contributed by atoms with Crippen molar-refractivity contribution >= 4 is 39.2 Å². The van der Waals surface area contributed by atoms with E-state index in [1.54, 1.807) is 0 Å². The Hall–Kier alpha value is -5.92. The predicted octanol–water partition coefficient (Wildman–Crippen LogP) is 3.20. The maximum absolute atomic E-state index is 15.2. The Labute approximate surface area is 296 Å². The molecule has 1 fully saturated rings. The molecule has 1 aliphatic rings. The number of esters is 1. The zero-order valence-electron chi connectivity index (χ0n) is 27.7. The highest BCUT2D eigenvalue weighted by atomic mass is 32.2. The highest BCUT2D eigenvalue weighted by Gasteiger charge is 2.68. The third-order valence-corrected chi connectivity index (χ3v) is 9.59. The molecule has 1 aliphatic carbocycles. The van der Waals surface area contributed by atoms with Crippen LogP contribution in [-0.4, -0.2) is 59.1 Å². The van der Waals surface area contributed by atoms with Gasteiger partial charge in [0, 0.05) is 43.7 Å². The summed E-state index contributed by atoms with van der Waals surface area (Å²) in [5.41, 5.74) is -5.45. The van der Waals surface area contributed by atoms with Crippen LogP contribution in [0.3, 0.4) is 0 Å². The van der Waals surface area contributed by atoms with Crippen LogP contribution in [0.1, 0.15) is 35.7 Å². The molecule has 2 amide bonds. The number of alkyl halides is 3. The summed E-state index contributed by atoms with van der Waals surface area (Å²) < 4.78 is 105. The van der Waals surface area contributed by atoms with Gasteiger partial charge in [-0.05, 0) is 61.7 Å². The number of aromatic nitrogens is 3. The summed E-state index contributed by atoms with van der Waals surface area (Å²) in [7, 11) is -3.19. The number of hydrogen-bond donors (Lipinski definition) is 3. The molecular formula is C33H29F5N6O8S. The zero-order chi connectivity index (χ0) is 38.9. The number of pyridine rings is 1. The number of hydrogen-bond acceptors (Lipinski definition) is 9. The maximum atomic E-state index is 15.2. The molecule has 14 nitrogen and oxygen atoms in total. The Morgan fingerprint density at radius 3 is 2.26 bits per heavy atom. The number of halogens is 5. The molecular weight excluding hydrogens is 735 g/mol. The van der Waals surface area contributed by atoms with Gasteiger partial charge in [0.05, 0.1) is 22.8 Å². The van der Waals surface area contributed by atoms with Gasteiger partial charge in [0.1, 0.15) is 28.9 Å². The molecule has 0 saturated heterocycles. The van der Waals surface area contributed by atoms with Crippen molar-refractivity contribution in [2.24, 2.45) is 12.5 Å². The van der Waals surface area contributed by atoms with Crippen molar-refractivity contribution in [3.05, 3.63) is 111 Å². The Morgan fingerprint density at radius 2 is 1.68 bits per heavy atom. The van der Waals surface area contributed by atoms with Gasteiger partial charge in [-0.25, -0.2) is 36.3 Å². The standard InChI is InChI=1S/C33H29F5N6O8S/c1-3-52-29(47)25(14-18-4-9-26(39-17-18)44-27(45)10-13-43(2)31(44)49)41-28(46)21-15-23(35)24(16-22(21)34)42-53(50,51)20-7-5-19(6-8-20)40-30(48)32(11-12-32)33(36,37)38/h4-10,13,15-17,25,42H,3,11-12,14H2,1-2H3,(H,40,48)(H,41,46)/t25-/m0/s1. The third-order valence-electron chi connectivity index (χ3n) is 8.20. The van der Waals surface area contributed by atoms with Crippen molar-refractivity contribution in [3.8, 4) is 5.82 Å². The van der Waals surface area contributed by atoms with Crippen molar-refractivity contribution < 1.29 is 49.5 Å². The van der Waals surface area contributed by atoms with E-state index in [4.69, 9.17) is 4.74 Å². The molecule has 1 saturated carbocycles. The number of amides is 2. The molecule has 3 N–H and O–H groups in total. The molecule has 0 bridgehead atoms. The number of nitrogens with zero attached hydrogens (tertiary/aromatic N) is 3. The first kappa shape index (κ1) is 38.3.